The van der Waals surface area contributed by atoms with Crippen molar-refractivity contribution in [1.29, 1.82) is 0 Å². The summed E-state index contributed by atoms with van der Waals surface area (Å²) in [4.78, 5) is 2.26. The van der Waals surface area contributed by atoms with Crippen LogP contribution >= 0.6 is 7.37 Å². The van der Waals surface area contributed by atoms with Crippen LogP contribution in [-0.2, 0) is 9.09 Å². The van der Waals surface area contributed by atoms with Crippen molar-refractivity contribution in [2.75, 3.05) is 26.2 Å². The predicted octanol–water partition coefficient (Wildman–Crippen LogP) is 3.27. The van der Waals surface area contributed by atoms with Crippen LogP contribution in [0.1, 0.15) is 13.8 Å². The summed E-state index contributed by atoms with van der Waals surface area (Å²) in [6, 6.07) is 19.0. The third-order valence-corrected chi connectivity index (χ3v) is 6.27. The van der Waals surface area contributed by atoms with E-state index in [0.717, 1.165) is 30.2 Å². The molecule has 118 valence electrons. The molecule has 0 aromatic heterocycles. The zero-order valence-corrected chi connectivity index (χ0v) is 14.2. The van der Waals surface area contributed by atoms with Gasteiger partial charge in [-0.3, -0.25) is 4.57 Å². The third-order valence-electron chi connectivity index (χ3n) is 3.77. The lowest BCUT2D eigenvalue weighted by molar-refractivity contribution is 0.228. The second-order valence-electron chi connectivity index (χ2n) is 5.08. The lowest BCUT2D eigenvalue weighted by atomic mass is 10.4. The summed E-state index contributed by atoms with van der Waals surface area (Å²) < 4.78 is 19.5. The first-order chi connectivity index (χ1) is 10.7. The maximum absolute atomic E-state index is 13.5. The van der Waals surface area contributed by atoms with Crippen molar-refractivity contribution < 1.29 is 9.09 Å². The van der Waals surface area contributed by atoms with E-state index in [0.29, 0.717) is 6.61 Å². The Hall–Kier alpha value is -1.41. The van der Waals surface area contributed by atoms with E-state index in [2.05, 4.69) is 18.7 Å². The van der Waals surface area contributed by atoms with E-state index in [1.54, 1.807) is 0 Å². The van der Waals surface area contributed by atoms with Gasteiger partial charge in [0.05, 0.1) is 6.61 Å². The third kappa shape index (κ3) is 4.07. The van der Waals surface area contributed by atoms with Crippen LogP contribution < -0.4 is 10.6 Å². The van der Waals surface area contributed by atoms with Gasteiger partial charge >= 0.3 is 0 Å². The van der Waals surface area contributed by atoms with Crippen molar-refractivity contribution in [3.8, 4) is 0 Å². The van der Waals surface area contributed by atoms with E-state index >= 15 is 0 Å². The van der Waals surface area contributed by atoms with Crippen LogP contribution in [0.25, 0.3) is 0 Å². The molecule has 0 saturated heterocycles. The SMILES string of the molecule is CCN(CC)CCOP(=O)(c1ccccc1)c1ccccc1. The molecule has 3 nitrogen and oxygen atoms in total. The van der Waals surface area contributed by atoms with Crippen molar-refractivity contribution in [1.82, 2.24) is 4.90 Å². The number of hydrogen-bond acceptors (Lipinski definition) is 3. The van der Waals surface area contributed by atoms with Gasteiger partial charge in [0, 0.05) is 17.2 Å². The number of benzene rings is 2. The number of rotatable bonds is 8. The van der Waals surface area contributed by atoms with Gasteiger partial charge in [-0.1, -0.05) is 50.2 Å². The Kier molecular flexibility index (Phi) is 6.38. The molecule has 22 heavy (non-hydrogen) atoms. The molecule has 0 unspecified atom stereocenters. The zero-order valence-electron chi connectivity index (χ0n) is 13.3. The lowest BCUT2D eigenvalue weighted by Gasteiger charge is -2.22. The van der Waals surface area contributed by atoms with Gasteiger partial charge in [-0.15, -0.1) is 0 Å². The van der Waals surface area contributed by atoms with Gasteiger partial charge in [0.2, 0.25) is 0 Å². The Bertz CT molecular complexity index is 553. The highest BCUT2D eigenvalue weighted by Crippen LogP contribution is 2.44. The Balaban J connectivity index is 2.22. The van der Waals surface area contributed by atoms with Gasteiger partial charge in [0.15, 0.2) is 0 Å². The Morgan fingerprint density at radius 3 is 1.73 bits per heavy atom. The summed E-state index contributed by atoms with van der Waals surface area (Å²) in [5.41, 5.74) is 0. The van der Waals surface area contributed by atoms with Gasteiger partial charge in [-0.05, 0) is 37.4 Å². The fourth-order valence-corrected chi connectivity index (χ4v) is 4.45. The first-order valence-corrected chi connectivity index (χ1v) is 9.41. The molecule has 0 aliphatic rings. The summed E-state index contributed by atoms with van der Waals surface area (Å²) in [5, 5.41) is 1.50. The molecule has 0 aliphatic heterocycles. The largest absolute Gasteiger partial charge is 0.321 e. The van der Waals surface area contributed by atoms with Crippen molar-refractivity contribution in [2.24, 2.45) is 0 Å². The van der Waals surface area contributed by atoms with Crippen LogP contribution in [0.4, 0.5) is 0 Å². The van der Waals surface area contributed by atoms with Gasteiger partial charge in [-0.25, -0.2) is 0 Å². The monoisotopic (exact) mass is 317 g/mol. The summed E-state index contributed by atoms with van der Waals surface area (Å²) in [6.45, 7) is 7.44. The van der Waals surface area contributed by atoms with E-state index in [-0.39, 0.29) is 0 Å². The molecule has 0 N–H and O–H groups in total. The quantitative estimate of drug-likeness (QED) is 0.700. The Labute approximate surface area is 133 Å². The Morgan fingerprint density at radius 1 is 0.864 bits per heavy atom. The van der Waals surface area contributed by atoms with E-state index < -0.39 is 7.37 Å². The van der Waals surface area contributed by atoms with Gasteiger partial charge in [0.25, 0.3) is 7.37 Å². The lowest BCUT2D eigenvalue weighted by Crippen LogP contribution is -2.28. The molecule has 4 heteroatoms. The van der Waals surface area contributed by atoms with Gasteiger partial charge in [-0.2, -0.15) is 0 Å². The van der Waals surface area contributed by atoms with Crippen LogP contribution in [0.2, 0.25) is 0 Å². The molecular weight excluding hydrogens is 293 g/mol. The van der Waals surface area contributed by atoms with Crippen molar-refractivity contribution >= 4 is 18.0 Å². The number of hydrogen-bond donors (Lipinski definition) is 0. The minimum atomic E-state index is -3.03. The average Bonchev–Trinajstić information content (AvgIpc) is 2.60. The summed E-state index contributed by atoms with van der Waals surface area (Å²) >= 11 is 0. The first-order valence-electron chi connectivity index (χ1n) is 7.79. The first kappa shape index (κ1) is 17.0. The maximum atomic E-state index is 13.5. The molecule has 0 atom stereocenters. The van der Waals surface area contributed by atoms with E-state index in [1.807, 2.05) is 60.7 Å². The second-order valence-corrected chi connectivity index (χ2v) is 7.48. The average molecular weight is 317 g/mol. The highest BCUT2D eigenvalue weighted by atomic mass is 31.2. The van der Waals surface area contributed by atoms with Crippen LogP contribution in [0.3, 0.4) is 0 Å². The van der Waals surface area contributed by atoms with E-state index in [9.17, 15) is 4.57 Å². The fourth-order valence-electron chi connectivity index (χ4n) is 2.38. The molecule has 0 saturated carbocycles. The number of likely N-dealkylation sites (N-methyl/N-ethyl adjacent to an activating group) is 1. The second kappa shape index (κ2) is 8.28. The summed E-state index contributed by atoms with van der Waals surface area (Å²) in [7, 11) is -3.03. The molecule has 0 aliphatic carbocycles. The van der Waals surface area contributed by atoms with Crippen LogP contribution in [0.15, 0.2) is 60.7 Å². The summed E-state index contributed by atoms with van der Waals surface area (Å²) in [6.07, 6.45) is 0. The minimum Gasteiger partial charge on any atom is -0.321 e. The van der Waals surface area contributed by atoms with Crippen LogP contribution in [-0.4, -0.2) is 31.1 Å². The van der Waals surface area contributed by atoms with Crippen molar-refractivity contribution in [3.63, 3.8) is 0 Å². The highest BCUT2D eigenvalue weighted by Gasteiger charge is 2.28. The molecule has 0 spiro atoms. The molecule has 2 rings (SSSR count). The maximum Gasteiger partial charge on any atom is 0.261 e. The van der Waals surface area contributed by atoms with Gasteiger partial charge in [0.1, 0.15) is 0 Å². The number of nitrogens with zero attached hydrogens (tertiary/aromatic N) is 1. The highest BCUT2D eigenvalue weighted by molar-refractivity contribution is 7.74. The summed E-state index contributed by atoms with van der Waals surface area (Å²) in [5.74, 6) is 0. The molecule has 0 radical (unpaired) electrons. The van der Waals surface area contributed by atoms with Gasteiger partial charge < -0.3 is 9.42 Å². The van der Waals surface area contributed by atoms with Crippen LogP contribution in [0.5, 0.6) is 0 Å². The molecule has 2 aromatic rings. The van der Waals surface area contributed by atoms with E-state index in [4.69, 9.17) is 4.52 Å². The zero-order chi connectivity index (χ0) is 15.8. The molecule has 2 aromatic carbocycles. The van der Waals surface area contributed by atoms with Crippen LogP contribution in [0, 0.1) is 0 Å². The Morgan fingerprint density at radius 2 is 1.32 bits per heavy atom. The molecule has 0 fully saturated rings. The molecule has 0 bridgehead atoms. The topological polar surface area (TPSA) is 29.5 Å². The molecular formula is C18H24NO2P. The predicted molar refractivity (Wildman–Crippen MR) is 93.5 cm³/mol. The molecule has 0 heterocycles. The van der Waals surface area contributed by atoms with E-state index in [1.165, 1.54) is 0 Å². The minimum absolute atomic E-state index is 0.461. The normalized spacial score (nSPS) is 11.8. The standard InChI is InChI=1S/C18H24NO2P/c1-3-19(4-2)15-16-21-22(20,17-11-7-5-8-12-17)18-13-9-6-10-14-18/h5-14H,3-4,15-16H2,1-2H3. The van der Waals surface area contributed by atoms with Crippen molar-refractivity contribution in [3.05, 3.63) is 60.7 Å². The van der Waals surface area contributed by atoms with Crippen molar-refractivity contribution in [2.45, 2.75) is 13.8 Å². The smallest absolute Gasteiger partial charge is 0.261 e. The fraction of sp³-hybridized carbons (Fsp3) is 0.333. The molecule has 0 amide bonds.